The summed E-state index contributed by atoms with van der Waals surface area (Å²) in [5.41, 5.74) is 2.18. The first-order valence-corrected chi connectivity index (χ1v) is 12.0. The molecule has 0 aliphatic carbocycles. The normalized spacial score (nSPS) is 15.0. The fourth-order valence-corrected chi connectivity index (χ4v) is 5.46. The van der Waals surface area contributed by atoms with Crippen molar-refractivity contribution < 1.29 is 13.2 Å². The van der Waals surface area contributed by atoms with Crippen molar-refractivity contribution in [1.29, 1.82) is 0 Å². The van der Waals surface area contributed by atoms with Crippen LogP contribution in [0.25, 0.3) is 0 Å². The second-order valence-corrected chi connectivity index (χ2v) is 9.72. The number of sulfonamides is 1. The molecule has 1 amide bonds. The molecule has 2 aromatic rings. The van der Waals surface area contributed by atoms with E-state index in [0.29, 0.717) is 30.8 Å². The van der Waals surface area contributed by atoms with Crippen LogP contribution in [0, 0.1) is 6.92 Å². The minimum Gasteiger partial charge on any atom is -0.375 e. The highest BCUT2D eigenvalue weighted by molar-refractivity contribution is 7.89. The van der Waals surface area contributed by atoms with Gasteiger partial charge < -0.3 is 10.2 Å². The number of carbonyl (C=O) groups excluding carboxylic acids is 1. The van der Waals surface area contributed by atoms with Gasteiger partial charge in [-0.1, -0.05) is 30.7 Å². The molecule has 1 fully saturated rings. The van der Waals surface area contributed by atoms with Crippen LogP contribution in [0.1, 0.15) is 41.6 Å². The van der Waals surface area contributed by atoms with Crippen LogP contribution in [-0.4, -0.2) is 51.9 Å². The van der Waals surface area contributed by atoms with Gasteiger partial charge in [0.1, 0.15) is 0 Å². The average Bonchev–Trinajstić information content (AvgIpc) is 2.77. The van der Waals surface area contributed by atoms with Gasteiger partial charge in [0.05, 0.1) is 4.90 Å². The predicted molar refractivity (Wildman–Crippen MR) is 120 cm³/mol. The Labute approximate surface area is 179 Å². The van der Waals surface area contributed by atoms with Gasteiger partial charge in [0, 0.05) is 44.5 Å². The summed E-state index contributed by atoms with van der Waals surface area (Å²) in [5.74, 6) is -0.243. The SMILES string of the molecule is Cc1ccc(C(=O)NCCCN(C)c2ccccc2)cc1S(=O)(=O)N1CCCCC1. The van der Waals surface area contributed by atoms with Crippen molar-refractivity contribution in [2.75, 3.05) is 38.1 Å². The largest absolute Gasteiger partial charge is 0.375 e. The van der Waals surface area contributed by atoms with Gasteiger partial charge in [0.2, 0.25) is 10.0 Å². The molecule has 6 nitrogen and oxygen atoms in total. The number of hydrogen-bond acceptors (Lipinski definition) is 4. The standard InChI is InChI=1S/C23H31N3O3S/c1-19-12-13-20(18-22(19)30(28,29)26-16-7-4-8-17-26)23(27)24-14-9-15-25(2)21-10-5-3-6-11-21/h3,5-6,10-13,18H,4,7-9,14-17H2,1-2H3,(H,24,27). The van der Waals surface area contributed by atoms with E-state index in [9.17, 15) is 13.2 Å². The van der Waals surface area contributed by atoms with Crippen LogP contribution in [0.15, 0.2) is 53.4 Å². The summed E-state index contributed by atoms with van der Waals surface area (Å²) in [5, 5.41) is 2.91. The van der Waals surface area contributed by atoms with Gasteiger partial charge in [-0.3, -0.25) is 4.79 Å². The molecule has 2 aromatic carbocycles. The number of carbonyl (C=O) groups is 1. The summed E-state index contributed by atoms with van der Waals surface area (Å²) in [6.45, 7) is 4.21. The Hall–Kier alpha value is -2.38. The quantitative estimate of drug-likeness (QED) is 0.653. The molecule has 0 saturated carbocycles. The number of benzene rings is 2. The first-order chi connectivity index (χ1) is 14.4. The van der Waals surface area contributed by atoms with E-state index >= 15 is 0 Å². The molecular weight excluding hydrogens is 398 g/mol. The fourth-order valence-electron chi connectivity index (χ4n) is 3.70. The van der Waals surface area contributed by atoms with Gasteiger partial charge in [-0.05, 0) is 56.0 Å². The van der Waals surface area contributed by atoms with Crippen molar-refractivity contribution in [1.82, 2.24) is 9.62 Å². The highest BCUT2D eigenvalue weighted by atomic mass is 32.2. The van der Waals surface area contributed by atoms with E-state index in [1.54, 1.807) is 23.4 Å². The van der Waals surface area contributed by atoms with E-state index in [-0.39, 0.29) is 10.8 Å². The van der Waals surface area contributed by atoms with Crippen LogP contribution in [0.3, 0.4) is 0 Å². The maximum absolute atomic E-state index is 13.0. The zero-order valence-corrected chi connectivity index (χ0v) is 18.6. The Balaban J connectivity index is 1.59. The van der Waals surface area contributed by atoms with E-state index in [0.717, 1.165) is 37.9 Å². The van der Waals surface area contributed by atoms with Crippen molar-refractivity contribution >= 4 is 21.6 Å². The molecule has 1 aliphatic rings. The highest BCUT2D eigenvalue weighted by Crippen LogP contribution is 2.24. The Morgan fingerprint density at radius 2 is 1.77 bits per heavy atom. The summed E-state index contributed by atoms with van der Waals surface area (Å²) >= 11 is 0. The molecular formula is C23H31N3O3S. The van der Waals surface area contributed by atoms with Crippen LogP contribution in [0.2, 0.25) is 0 Å². The smallest absolute Gasteiger partial charge is 0.251 e. The van der Waals surface area contributed by atoms with Crippen molar-refractivity contribution in [2.24, 2.45) is 0 Å². The van der Waals surface area contributed by atoms with Crippen LogP contribution >= 0.6 is 0 Å². The minimum absolute atomic E-state index is 0.237. The molecule has 0 bridgehead atoms. The second kappa shape index (κ2) is 10.1. The number of nitrogens with zero attached hydrogens (tertiary/aromatic N) is 2. The number of rotatable bonds is 8. The molecule has 0 aromatic heterocycles. The molecule has 162 valence electrons. The number of amides is 1. The van der Waals surface area contributed by atoms with Gasteiger partial charge in [-0.25, -0.2) is 8.42 Å². The maximum Gasteiger partial charge on any atom is 0.251 e. The molecule has 1 aliphatic heterocycles. The van der Waals surface area contributed by atoms with Crippen LogP contribution in [-0.2, 0) is 10.0 Å². The van der Waals surface area contributed by atoms with E-state index in [4.69, 9.17) is 0 Å². The summed E-state index contributed by atoms with van der Waals surface area (Å²) in [4.78, 5) is 15.0. The highest BCUT2D eigenvalue weighted by Gasteiger charge is 2.28. The number of para-hydroxylation sites is 1. The summed E-state index contributed by atoms with van der Waals surface area (Å²) in [7, 11) is -1.55. The summed E-state index contributed by atoms with van der Waals surface area (Å²) in [6.07, 6.45) is 3.63. The molecule has 0 radical (unpaired) electrons. The second-order valence-electron chi connectivity index (χ2n) is 7.81. The summed E-state index contributed by atoms with van der Waals surface area (Å²) < 4.78 is 27.6. The first-order valence-electron chi connectivity index (χ1n) is 10.5. The van der Waals surface area contributed by atoms with Crippen molar-refractivity contribution in [3.8, 4) is 0 Å². The molecule has 3 rings (SSSR count). The molecule has 1 N–H and O–H groups in total. The number of anilines is 1. The average molecular weight is 430 g/mol. The van der Waals surface area contributed by atoms with E-state index < -0.39 is 10.0 Å². The molecule has 0 atom stereocenters. The Kier molecular flexibility index (Phi) is 7.50. The van der Waals surface area contributed by atoms with Crippen LogP contribution in [0.5, 0.6) is 0 Å². The molecule has 0 unspecified atom stereocenters. The topological polar surface area (TPSA) is 69.7 Å². The zero-order chi connectivity index (χ0) is 21.6. The molecule has 7 heteroatoms. The van der Waals surface area contributed by atoms with Gasteiger partial charge in [0.15, 0.2) is 0 Å². The maximum atomic E-state index is 13.0. The van der Waals surface area contributed by atoms with Crippen molar-refractivity contribution in [3.05, 3.63) is 59.7 Å². The molecule has 0 spiro atoms. The van der Waals surface area contributed by atoms with Crippen LogP contribution in [0.4, 0.5) is 5.69 Å². The number of hydrogen-bond donors (Lipinski definition) is 1. The zero-order valence-electron chi connectivity index (χ0n) is 17.8. The van der Waals surface area contributed by atoms with Gasteiger partial charge in [-0.2, -0.15) is 4.31 Å². The van der Waals surface area contributed by atoms with E-state index in [1.165, 1.54) is 6.07 Å². The number of nitrogens with one attached hydrogen (secondary N) is 1. The minimum atomic E-state index is -3.57. The van der Waals surface area contributed by atoms with Gasteiger partial charge in [0.25, 0.3) is 5.91 Å². The Bertz CT molecular complexity index is 955. The number of piperidine rings is 1. The lowest BCUT2D eigenvalue weighted by Crippen LogP contribution is -2.36. The number of aryl methyl sites for hydroxylation is 1. The van der Waals surface area contributed by atoms with Crippen LogP contribution < -0.4 is 10.2 Å². The molecule has 1 saturated heterocycles. The fraction of sp³-hybridized carbons (Fsp3) is 0.435. The lowest BCUT2D eigenvalue weighted by molar-refractivity contribution is 0.0953. The third kappa shape index (κ3) is 5.40. The Morgan fingerprint density at radius 3 is 2.47 bits per heavy atom. The van der Waals surface area contributed by atoms with E-state index in [1.807, 2.05) is 25.2 Å². The first kappa shape index (κ1) is 22.3. The molecule has 30 heavy (non-hydrogen) atoms. The molecule has 1 heterocycles. The predicted octanol–water partition coefficient (Wildman–Crippen LogP) is 3.43. The Morgan fingerprint density at radius 1 is 1.07 bits per heavy atom. The third-order valence-electron chi connectivity index (χ3n) is 5.54. The van der Waals surface area contributed by atoms with E-state index in [2.05, 4.69) is 22.3 Å². The lowest BCUT2D eigenvalue weighted by Gasteiger charge is -2.26. The van der Waals surface area contributed by atoms with Crippen molar-refractivity contribution in [3.63, 3.8) is 0 Å². The van der Waals surface area contributed by atoms with Crippen molar-refractivity contribution in [2.45, 2.75) is 37.5 Å². The lowest BCUT2D eigenvalue weighted by atomic mass is 10.1. The summed E-state index contributed by atoms with van der Waals surface area (Å²) in [6, 6.07) is 15.0. The van der Waals surface area contributed by atoms with Gasteiger partial charge in [-0.15, -0.1) is 0 Å². The van der Waals surface area contributed by atoms with Gasteiger partial charge >= 0.3 is 0 Å². The monoisotopic (exact) mass is 429 g/mol. The third-order valence-corrected chi connectivity index (χ3v) is 7.58.